The van der Waals surface area contributed by atoms with Crippen LogP contribution in [0.3, 0.4) is 0 Å². The molecule has 2 rings (SSSR count). The summed E-state index contributed by atoms with van der Waals surface area (Å²) in [5, 5.41) is 19.9. The van der Waals surface area contributed by atoms with Crippen molar-refractivity contribution in [3.63, 3.8) is 0 Å². The van der Waals surface area contributed by atoms with E-state index < -0.39 is 22.4 Å². The molecule has 0 aliphatic heterocycles. The second-order valence-corrected chi connectivity index (χ2v) is 5.59. The molecule has 0 aliphatic carbocycles. The van der Waals surface area contributed by atoms with E-state index in [-0.39, 0.29) is 31.8 Å². The van der Waals surface area contributed by atoms with Crippen LogP contribution in [0.15, 0.2) is 30.3 Å². The molecule has 0 unspecified atom stereocenters. The number of carbonyl (C=O) groups excluding carboxylic acids is 1. The number of carboxylic acids is 1. The molecular formula is C14H6Cl3NO5. The smallest absolute Gasteiger partial charge is 0.336 e. The number of benzene rings is 2. The molecule has 0 atom stereocenters. The van der Waals surface area contributed by atoms with Crippen molar-refractivity contribution in [3.8, 4) is 0 Å². The van der Waals surface area contributed by atoms with E-state index in [2.05, 4.69) is 0 Å². The molecule has 1 N–H and O–H groups in total. The third-order valence-corrected chi connectivity index (χ3v) is 3.98. The Morgan fingerprint density at radius 3 is 2.04 bits per heavy atom. The lowest BCUT2D eigenvalue weighted by atomic mass is 9.98. The van der Waals surface area contributed by atoms with Crippen LogP contribution in [0.1, 0.15) is 26.3 Å². The maximum Gasteiger partial charge on any atom is 0.336 e. The van der Waals surface area contributed by atoms with Crippen molar-refractivity contribution in [2.24, 2.45) is 0 Å². The average Bonchev–Trinajstić information content (AvgIpc) is 2.48. The normalized spacial score (nSPS) is 10.4. The molecule has 0 spiro atoms. The predicted molar refractivity (Wildman–Crippen MR) is 85.0 cm³/mol. The van der Waals surface area contributed by atoms with Crippen LogP contribution in [-0.2, 0) is 0 Å². The molecule has 2 aromatic rings. The van der Waals surface area contributed by atoms with Crippen LogP contribution in [-0.4, -0.2) is 21.8 Å². The average molecular weight is 375 g/mol. The zero-order chi connectivity index (χ0) is 17.3. The molecule has 0 amide bonds. The molecule has 0 aromatic heterocycles. The van der Waals surface area contributed by atoms with Crippen molar-refractivity contribution in [3.05, 3.63) is 72.2 Å². The lowest BCUT2D eigenvalue weighted by Crippen LogP contribution is -2.10. The number of rotatable bonds is 4. The van der Waals surface area contributed by atoms with Gasteiger partial charge in [0.25, 0.3) is 5.69 Å². The van der Waals surface area contributed by atoms with Crippen LogP contribution >= 0.6 is 34.8 Å². The van der Waals surface area contributed by atoms with E-state index in [4.69, 9.17) is 34.8 Å². The summed E-state index contributed by atoms with van der Waals surface area (Å²) in [5.41, 5.74) is -1.15. The Kier molecular flexibility index (Phi) is 4.89. The number of hydrogen-bond acceptors (Lipinski definition) is 4. The van der Waals surface area contributed by atoms with Crippen molar-refractivity contribution in [1.82, 2.24) is 0 Å². The predicted octanol–water partition coefficient (Wildman–Crippen LogP) is 4.48. The van der Waals surface area contributed by atoms with Crippen LogP contribution in [0.4, 0.5) is 5.69 Å². The quantitative estimate of drug-likeness (QED) is 0.483. The Labute approximate surface area is 144 Å². The monoisotopic (exact) mass is 373 g/mol. The minimum atomic E-state index is -1.38. The highest BCUT2D eigenvalue weighted by Gasteiger charge is 2.23. The molecule has 0 saturated carbocycles. The number of nitro benzene ring substituents is 1. The molecular weight excluding hydrogens is 369 g/mol. The fourth-order valence-electron chi connectivity index (χ4n) is 1.86. The molecule has 23 heavy (non-hydrogen) atoms. The molecule has 0 aliphatic rings. The molecule has 6 nitrogen and oxygen atoms in total. The summed E-state index contributed by atoms with van der Waals surface area (Å²) in [6.45, 7) is 0. The summed E-state index contributed by atoms with van der Waals surface area (Å²) >= 11 is 17.3. The maximum absolute atomic E-state index is 12.5. The van der Waals surface area contributed by atoms with Gasteiger partial charge in [0.15, 0.2) is 5.78 Å². The van der Waals surface area contributed by atoms with Gasteiger partial charge in [0.2, 0.25) is 0 Å². The third-order valence-electron chi connectivity index (χ3n) is 2.94. The largest absolute Gasteiger partial charge is 0.478 e. The minimum absolute atomic E-state index is 0.0107. The van der Waals surface area contributed by atoms with E-state index in [1.807, 2.05) is 0 Å². The van der Waals surface area contributed by atoms with Crippen molar-refractivity contribution in [2.45, 2.75) is 0 Å². The van der Waals surface area contributed by atoms with E-state index >= 15 is 0 Å². The van der Waals surface area contributed by atoms with Gasteiger partial charge in [-0.2, -0.15) is 0 Å². The van der Waals surface area contributed by atoms with E-state index in [1.54, 1.807) is 0 Å². The highest BCUT2D eigenvalue weighted by Crippen LogP contribution is 2.30. The number of nitro groups is 1. The highest BCUT2D eigenvalue weighted by atomic mass is 35.5. The Bertz CT molecular complexity index is 851. The Morgan fingerprint density at radius 1 is 0.957 bits per heavy atom. The Balaban J connectivity index is 2.62. The number of carbonyl (C=O) groups is 2. The van der Waals surface area contributed by atoms with Crippen molar-refractivity contribution in [1.29, 1.82) is 0 Å². The summed E-state index contributed by atoms with van der Waals surface area (Å²) in [6, 6.07) is 5.56. The molecule has 118 valence electrons. The first-order valence-corrected chi connectivity index (χ1v) is 7.06. The number of hydrogen-bond donors (Lipinski definition) is 1. The first-order chi connectivity index (χ1) is 10.7. The summed E-state index contributed by atoms with van der Waals surface area (Å²) < 4.78 is 0. The fourth-order valence-corrected chi connectivity index (χ4v) is 2.37. The maximum atomic E-state index is 12.5. The van der Waals surface area contributed by atoms with Gasteiger partial charge in [-0.25, -0.2) is 4.79 Å². The number of halogens is 3. The SMILES string of the molecule is O=C(O)c1cc(Cl)c(Cl)cc1C(=O)c1ccc(Cl)c([N+](=O)[O-])c1. The van der Waals surface area contributed by atoms with Gasteiger partial charge in [-0.15, -0.1) is 0 Å². The summed E-state index contributed by atoms with van der Waals surface area (Å²) in [6.07, 6.45) is 0. The van der Waals surface area contributed by atoms with Crippen LogP contribution in [0.25, 0.3) is 0 Å². The van der Waals surface area contributed by atoms with E-state index in [0.29, 0.717) is 0 Å². The van der Waals surface area contributed by atoms with Gasteiger partial charge in [0.05, 0.1) is 20.5 Å². The van der Waals surface area contributed by atoms with E-state index in [9.17, 15) is 24.8 Å². The molecule has 0 saturated heterocycles. The van der Waals surface area contributed by atoms with Gasteiger partial charge in [-0.1, -0.05) is 34.8 Å². The van der Waals surface area contributed by atoms with Crippen LogP contribution in [0.2, 0.25) is 15.1 Å². The molecule has 0 fully saturated rings. The zero-order valence-corrected chi connectivity index (χ0v) is 13.3. The molecule has 9 heteroatoms. The summed E-state index contributed by atoms with van der Waals surface area (Å²) in [4.78, 5) is 33.9. The standard InChI is InChI=1S/C14H6Cl3NO5/c15-9-2-1-6(3-12(9)18(22)23)13(19)7-4-10(16)11(17)5-8(7)14(20)21/h1-5H,(H,20,21). The van der Waals surface area contributed by atoms with Gasteiger partial charge in [0.1, 0.15) is 5.02 Å². The van der Waals surface area contributed by atoms with Crippen LogP contribution in [0.5, 0.6) is 0 Å². The Morgan fingerprint density at radius 2 is 1.52 bits per heavy atom. The second-order valence-electron chi connectivity index (χ2n) is 4.37. The Hall–Kier alpha value is -2.15. The fraction of sp³-hybridized carbons (Fsp3) is 0. The van der Waals surface area contributed by atoms with Crippen molar-refractivity contribution < 1.29 is 19.6 Å². The third kappa shape index (κ3) is 3.44. The minimum Gasteiger partial charge on any atom is -0.478 e. The van der Waals surface area contributed by atoms with E-state index in [0.717, 1.165) is 18.2 Å². The number of carboxylic acid groups (broad SMARTS) is 1. The van der Waals surface area contributed by atoms with Gasteiger partial charge >= 0.3 is 5.97 Å². The number of ketones is 1. The first-order valence-electron chi connectivity index (χ1n) is 5.93. The summed E-state index contributed by atoms with van der Waals surface area (Å²) in [5.74, 6) is -2.13. The van der Waals surface area contributed by atoms with Crippen LogP contribution < -0.4 is 0 Å². The molecule has 0 heterocycles. The van der Waals surface area contributed by atoms with Crippen molar-refractivity contribution in [2.75, 3.05) is 0 Å². The molecule has 2 aromatic carbocycles. The van der Waals surface area contributed by atoms with E-state index in [1.165, 1.54) is 12.1 Å². The van der Waals surface area contributed by atoms with Gasteiger partial charge in [0, 0.05) is 17.2 Å². The van der Waals surface area contributed by atoms with Gasteiger partial charge in [-0.05, 0) is 24.3 Å². The van der Waals surface area contributed by atoms with Crippen molar-refractivity contribution >= 4 is 52.2 Å². The molecule has 0 radical (unpaired) electrons. The lowest BCUT2D eigenvalue weighted by molar-refractivity contribution is -0.384. The van der Waals surface area contributed by atoms with Crippen LogP contribution in [0, 0.1) is 10.1 Å². The second kappa shape index (κ2) is 6.54. The molecule has 0 bridgehead atoms. The van der Waals surface area contributed by atoms with Gasteiger partial charge < -0.3 is 5.11 Å². The highest BCUT2D eigenvalue weighted by molar-refractivity contribution is 6.42. The number of aromatic carboxylic acids is 1. The first kappa shape index (κ1) is 17.2. The lowest BCUT2D eigenvalue weighted by Gasteiger charge is -2.08. The topological polar surface area (TPSA) is 97.5 Å². The summed E-state index contributed by atoms with van der Waals surface area (Å²) in [7, 11) is 0. The number of nitrogens with zero attached hydrogens (tertiary/aromatic N) is 1. The zero-order valence-electron chi connectivity index (χ0n) is 11.0. The van der Waals surface area contributed by atoms with Gasteiger partial charge in [-0.3, -0.25) is 14.9 Å².